The summed E-state index contributed by atoms with van der Waals surface area (Å²) in [4.78, 5) is 39.5. The minimum absolute atomic E-state index is 0. The van der Waals surface area contributed by atoms with E-state index in [2.05, 4.69) is 0 Å². The fourth-order valence-corrected chi connectivity index (χ4v) is 0.714. The Labute approximate surface area is 169 Å². The van der Waals surface area contributed by atoms with E-state index in [0.29, 0.717) is 0 Å². The molecule has 0 amide bonds. The molecule has 8 N–H and O–H groups in total. The first-order valence-corrected chi connectivity index (χ1v) is 6.19. The minimum Gasteiger partial charge on any atom is -0.870 e. The summed E-state index contributed by atoms with van der Waals surface area (Å²) in [7, 11) is -4.67. The van der Waals surface area contributed by atoms with E-state index >= 15 is 0 Å². The summed E-state index contributed by atoms with van der Waals surface area (Å²) >= 11 is 0. The Hall–Kier alpha value is -1.04. The van der Waals surface area contributed by atoms with E-state index in [1.54, 1.807) is 0 Å². The van der Waals surface area contributed by atoms with Gasteiger partial charge in [-0.2, -0.15) is 8.42 Å². The van der Waals surface area contributed by atoms with Crippen molar-refractivity contribution in [1.29, 1.82) is 0 Å². The van der Waals surface area contributed by atoms with Crippen molar-refractivity contribution in [3.8, 4) is 0 Å². The SMILES string of the molecule is CC(=O)O.Cl.O=C(O)CC(O)(CC(=O)O)C(=O)O.O=S(=O)(O)O.[Na+].[OH-]. The van der Waals surface area contributed by atoms with Crippen molar-refractivity contribution in [3.63, 3.8) is 0 Å². The maximum atomic E-state index is 10.3. The zero-order chi connectivity index (χ0) is 18.7. The summed E-state index contributed by atoms with van der Waals surface area (Å²) in [6.45, 7) is 1.08. The summed E-state index contributed by atoms with van der Waals surface area (Å²) in [6.07, 6.45) is -2.29. The molecule has 0 atom stereocenters. The van der Waals surface area contributed by atoms with Gasteiger partial charge in [0.25, 0.3) is 5.97 Å². The first kappa shape index (κ1) is 39.2. The Balaban J connectivity index is -0.0000000638. The first-order valence-electron chi connectivity index (χ1n) is 4.80. The minimum atomic E-state index is -4.67. The number of carboxylic acid groups (broad SMARTS) is 4. The van der Waals surface area contributed by atoms with Crippen molar-refractivity contribution in [2.75, 3.05) is 0 Å². The molecule has 0 bridgehead atoms. The van der Waals surface area contributed by atoms with Crippen LogP contribution in [0.3, 0.4) is 0 Å². The molecule has 0 spiro atoms. The van der Waals surface area contributed by atoms with Crippen molar-refractivity contribution in [1.82, 2.24) is 0 Å². The average Bonchev–Trinajstić information content (AvgIpc) is 2.09. The molecule has 0 unspecified atom stereocenters. The number of carbonyl (C=O) groups is 4. The van der Waals surface area contributed by atoms with Gasteiger partial charge in [0.2, 0.25) is 0 Å². The van der Waals surface area contributed by atoms with Crippen molar-refractivity contribution in [2.24, 2.45) is 0 Å². The van der Waals surface area contributed by atoms with Crippen molar-refractivity contribution < 1.29 is 97.3 Å². The summed E-state index contributed by atoms with van der Waals surface area (Å²) in [5.41, 5.74) is -2.74. The van der Waals surface area contributed by atoms with E-state index in [1.807, 2.05) is 0 Å². The van der Waals surface area contributed by atoms with Crippen LogP contribution in [0.4, 0.5) is 0 Å². The molecule has 0 saturated carbocycles. The van der Waals surface area contributed by atoms with Crippen molar-refractivity contribution in [2.45, 2.75) is 25.4 Å². The Morgan fingerprint density at radius 3 is 1.12 bits per heavy atom. The van der Waals surface area contributed by atoms with E-state index in [-0.39, 0.29) is 47.4 Å². The van der Waals surface area contributed by atoms with Crippen LogP contribution in [0.15, 0.2) is 0 Å². The maximum Gasteiger partial charge on any atom is 1.00 e. The molecule has 25 heavy (non-hydrogen) atoms. The van der Waals surface area contributed by atoms with Crippen LogP contribution in [-0.2, 0) is 29.6 Å². The molecular weight excluding hydrogens is 411 g/mol. The topological polar surface area (TPSA) is 274 Å². The van der Waals surface area contributed by atoms with Gasteiger partial charge in [0.05, 0.1) is 12.8 Å². The van der Waals surface area contributed by atoms with E-state index in [4.69, 9.17) is 47.9 Å². The molecule has 0 aromatic carbocycles. The van der Waals surface area contributed by atoms with Gasteiger partial charge in [-0.15, -0.1) is 12.4 Å². The second-order valence-electron chi connectivity index (χ2n) is 3.44. The third-order valence-electron chi connectivity index (χ3n) is 1.29. The molecule has 0 aliphatic heterocycles. The van der Waals surface area contributed by atoms with Crippen LogP contribution in [0, 0.1) is 0 Å². The average molecular weight is 427 g/mol. The number of carboxylic acids is 4. The van der Waals surface area contributed by atoms with Crippen LogP contribution in [-0.4, -0.2) is 78.0 Å². The van der Waals surface area contributed by atoms with Gasteiger partial charge in [0, 0.05) is 6.92 Å². The van der Waals surface area contributed by atoms with E-state index in [9.17, 15) is 14.4 Å². The normalized spacial score (nSPS) is 8.96. The summed E-state index contributed by atoms with van der Waals surface area (Å²) < 4.78 is 31.6. The van der Waals surface area contributed by atoms with Gasteiger partial charge in [-0.3, -0.25) is 23.5 Å². The van der Waals surface area contributed by atoms with Crippen LogP contribution in [0.1, 0.15) is 19.8 Å². The molecular formula is C8H16ClNaO14S. The fraction of sp³-hybridized carbons (Fsp3) is 0.500. The van der Waals surface area contributed by atoms with Crippen molar-refractivity contribution >= 4 is 46.7 Å². The fourth-order valence-electron chi connectivity index (χ4n) is 0.714. The van der Waals surface area contributed by atoms with E-state index in [1.165, 1.54) is 0 Å². The Morgan fingerprint density at radius 1 is 0.880 bits per heavy atom. The van der Waals surface area contributed by atoms with E-state index in [0.717, 1.165) is 6.92 Å². The Bertz CT molecular complexity index is 489. The number of aliphatic hydroxyl groups is 1. The second kappa shape index (κ2) is 17.8. The zero-order valence-corrected chi connectivity index (χ0v) is 16.4. The molecule has 0 radical (unpaired) electrons. The Morgan fingerprint density at radius 2 is 1.04 bits per heavy atom. The third-order valence-corrected chi connectivity index (χ3v) is 1.29. The van der Waals surface area contributed by atoms with Crippen LogP contribution in [0.2, 0.25) is 0 Å². The van der Waals surface area contributed by atoms with Gasteiger partial charge in [-0.25, -0.2) is 4.79 Å². The van der Waals surface area contributed by atoms with Crippen LogP contribution < -0.4 is 29.6 Å². The molecule has 0 aliphatic rings. The van der Waals surface area contributed by atoms with Crippen LogP contribution in [0.5, 0.6) is 0 Å². The van der Waals surface area contributed by atoms with Gasteiger partial charge in [-0.05, 0) is 0 Å². The maximum absolute atomic E-state index is 10.3. The standard InChI is InChI=1S/C6H8O7.C2H4O2.ClH.Na.H2O4S.H2O/c7-3(8)1-6(13,5(11)12)2-4(9)10;1-2(3)4;;;1-5(2,3)4;/h13H,1-2H2,(H,7,8)(H,9,10)(H,11,12);1H3,(H,3,4);1H;;(H2,1,2,3,4);1H2/q;;;+1;;/p-1. The third kappa shape index (κ3) is 45.1. The molecule has 14 nitrogen and oxygen atoms in total. The van der Waals surface area contributed by atoms with Crippen LogP contribution in [0.25, 0.3) is 0 Å². The largest absolute Gasteiger partial charge is 1.00 e. The number of rotatable bonds is 5. The van der Waals surface area contributed by atoms with Crippen molar-refractivity contribution in [3.05, 3.63) is 0 Å². The first-order chi connectivity index (χ1) is 9.51. The van der Waals surface area contributed by atoms with E-state index < -0.39 is 52.7 Å². The van der Waals surface area contributed by atoms with Gasteiger partial charge in [-0.1, -0.05) is 0 Å². The summed E-state index contributed by atoms with van der Waals surface area (Å²) in [6, 6.07) is 0. The number of hydrogen-bond acceptors (Lipinski definition) is 8. The molecule has 0 heterocycles. The smallest absolute Gasteiger partial charge is 0.870 e. The molecule has 0 fully saturated rings. The Kier molecular flexibility index (Phi) is 27.8. The van der Waals surface area contributed by atoms with Gasteiger partial charge in [0.1, 0.15) is 0 Å². The number of halogens is 1. The van der Waals surface area contributed by atoms with Crippen LogP contribution >= 0.6 is 12.4 Å². The zero-order valence-electron chi connectivity index (χ0n) is 12.8. The summed E-state index contributed by atoms with van der Waals surface area (Å²) in [5.74, 6) is -5.85. The quantitative estimate of drug-likeness (QED) is 0.161. The van der Waals surface area contributed by atoms with Gasteiger partial charge < -0.3 is 31.0 Å². The molecule has 0 aromatic rings. The number of aliphatic carboxylic acids is 4. The molecule has 0 aromatic heterocycles. The summed E-state index contributed by atoms with van der Waals surface area (Å²) in [5, 5.41) is 41.2. The molecule has 0 rings (SSSR count). The number of hydrogen-bond donors (Lipinski definition) is 7. The molecule has 0 aliphatic carbocycles. The molecule has 17 heteroatoms. The molecule has 0 saturated heterocycles. The monoisotopic (exact) mass is 426 g/mol. The predicted molar refractivity (Wildman–Crippen MR) is 73.8 cm³/mol. The van der Waals surface area contributed by atoms with Gasteiger partial charge in [0.15, 0.2) is 5.60 Å². The second-order valence-corrected chi connectivity index (χ2v) is 4.34. The predicted octanol–water partition coefficient (Wildman–Crippen LogP) is -4.56. The molecule has 146 valence electrons. The van der Waals surface area contributed by atoms with Gasteiger partial charge >= 0.3 is 57.9 Å².